The van der Waals surface area contributed by atoms with E-state index in [1.54, 1.807) is 0 Å². The van der Waals surface area contributed by atoms with Gasteiger partial charge in [0.05, 0.1) is 6.10 Å². The van der Waals surface area contributed by atoms with E-state index in [0.717, 1.165) is 31.7 Å². The molecule has 4 rings (SSSR count). The zero-order valence-corrected chi connectivity index (χ0v) is 20.2. The van der Waals surface area contributed by atoms with Gasteiger partial charge in [-0.1, -0.05) is 62.4 Å². The second-order valence-corrected chi connectivity index (χ2v) is 9.36. The first-order valence-electron chi connectivity index (χ1n) is 12.3. The normalized spacial score (nSPS) is 17.8. The Bertz CT molecular complexity index is 1240. The Morgan fingerprint density at radius 3 is 2.14 bits per heavy atom. The summed E-state index contributed by atoms with van der Waals surface area (Å²) < 4.78 is 79.7. The fourth-order valence-electron chi connectivity index (χ4n) is 4.83. The summed E-state index contributed by atoms with van der Waals surface area (Å²) in [5, 5.41) is 0. The summed E-state index contributed by atoms with van der Waals surface area (Å²) in [5.41, 5.74) is -0.400. The third-order valence-electron chi connectivity index (χ3n) is 6.96. The van der Waals surface area contributed by atoms with Gasteiger partial charge in [0.2, 0.25) is 0 Å². The standard InChI is InChI=1S/C30H29F5O/c1-3-5-22-12-7-18(17-36-22)6-8-20-11-13-24(29(34)27(20)32)25-15-14-23(28(33)30(25)35)21-10-9-19(4-2)26(31)16-21/h4,9-11,13-16,18,22H,2-3,5-8,12,17H2,1H3. The van der Waals surface area contributed by atoms with Crippen molar-refractivity contribution in [2.75, 3.05) is 6.61 Å². The van der Waals surface area contributed by atoms with Crippen molar-refractivity contribution < 1.29 is 26.7 Å². The third kappa shape index (κ3) is 5.39. The van der Waals surface area contributed by atoms with Crippen LogP contribution in [0.5, 0.6) is 0 Å². The van der Waals surface area contributed by atoms with Crippen molar-refractivity contribution in [2.24, 2.45) is 5.92 Å². The Hall–Kier alpha value is -2.99. The molecule has 0 bridgehead atoms. The maximum Gasteiger partial charge on any atom is 0.167 e. The minimum absolute atomic E-state index is 0.121. The molecule has 0 spiro atoms. The van der Waals surface area contributed by atoms with Gasteiger partial charge in [-0.25, -0.2) is 22.0 Å². The second-order valence-electron chi connectivity index (χ2n) is 9.36. The van der Waals surface area contributed by atoms with E-state index in [1.807, 2.05) is 0 Å². The van der Waals surface area contributed by atoms with Crippen LogP contribution in [0.3, 0.4) is 0 Å². The second kappa shape index (κ2) is 11.4. The van der Waals surface area contributed by atoms with E-state index in [2.05, 4.69) is 13.5 Å². The van der Waals surface area contributed by atoms with Gasteiger partial charge in [-0.2, -0.15) is 0 Å². The Morgan fingerprint density at radius 2 is 1.50 bits per heavy atom. The summed E-state index contributed by atoms with van der Waals surface area (Å²) in [6.45, 7) is 6.23. The molecule has 0 N–H and O–H groups in total. The predicted octanol–water partition coefficient (Wildman–Crippen LogP) is 8.89. The molecule has 6 heteroatoms. The van der Waals surface area contributed by atoms with E-state index < -0.39 is 34.6 Å². The summed E-state index contributed by atoms with van der Waals surface area (Å²) in [4.78, 5) is 0. The van der Waals surface area contributed by atoms with Crippen molar-refractivity contribution in [3.05, 3.63) is 89.3 Å². The Labute approximate surface area is 208 Å². The lowest BCUT2D eigenvalue weighted by Crippen LogP contribution is -2.26. The van der Waals surface area contributed by atoms with Crippen LogP contribution in [-0.4, -0.2) is 12.7 Å². The molecular formula is C30H29F5O. The van der Waals surface area contributed by atoms with Crippen molar-refractivity contribution in [2.45, 2.75) is 51.6 Å². The molecule has 2 atom stereocenters. The average molecular weight is 501 g/mol. The summed E-state index contributed by atoms with van der Waals surface area (Å²) in [7, 11) is 0. The first-order chi connectivity index (χ1) is 17.3. The van der Waals surface area contributed by atoms with Crippen LogP contribution in [0.25, 0.3) is 28.3 Å². The largest absolute Gasteiger partial charge is 0.378 e. The molecular weight excluding hydrogens is 471 g/mol. The molecule has 0 aliphatic carbocycles. The van der Waals surface area contributed by atoms with Gasteiger partial charge in [0.1, 0.15) is 5.82 Å². The smallest absolute Gasteiger partial charge is 0.167 e. The fourth-order valence-corrected chi connectivity index (χ4v) is 4.83. The number of hydrogen-bond donors (Lipinski definition) is 0. The lowest BCUT2D eigenvalue weighted by molar-refractivity contribution is -0.0218. The molecule has 2 unspecified atom stereocenters. The Morgan fingerprint density at radius 1 is 0.833 bits per heavy atom. The van der Waals surface area contributed by atoms with Gasteiger partial charge in [0, 0.05) is 28.9 Å². The average Bonchev–Trinajstić information content (AvgIpc) is 2.88. The van der Waals surface area contributed by atoms with Crippen molar-refractivity contribution in [3.8, 4) is 22.3 Å². The number of aryl methyl sites for hydroxylation is 1. The van der Waals surface area contributed by atoms with Crippen molar-refractivity contribution in [3.63, 3.8) is 0 Å². The van der Waals surface area contributed by atoms with Crippen LogP contribution in [0, 0.1) is 35.0 Å². The van der Waals surface area contributed by atoms with E-state index >= 15 is 0 Å². The number of hydrogen-bond acceptors (Lipinski definition) is 1. The molecule has 36 heavy (non-hydrogen) atoms. The number of halogens is 5. The first-order valence-corrected chi connectivity index (χ1v) is 12.3. The molecule has 1 aliphatic heterocycles. The van der Waals surface area contributed by atoms with Gasteiger partial charge in [-0.3, -0.25) is 0 Å². The fraction of sp³-hybridized carbons (Fsp3) is 0.333. The molecule has 0 amide bonds. The highest BCUT2D eigenvalue weighted by atomic mass is 19.2. The molecule has 0 saturated carbocycles. The van der Waals surface area contributed by atoms with Crippen molar-refractivity contribution in [1.29, 1.82) is 0 Å². The monoisotopic (exact) mass is 500 g/mol. The van der Waals surface area contributed by atoms with Gasteiger partial charge in [-0.15, -0.1) is 0 Å². The lowest BCUT2D eigenvalue weighted by atomic mass is 9.90. The van der Waals surface area contributed by atoms with Crippen LogP contribution in [-0.2, 0) is 11.2 Å². The van der Waals surface area contributed by atoms with Gasteiger partial charge >= 0.3 is 0 Å². The summed E-state index contributed by atoms with van der Waals surface area (Å²) >= 11 is 0. The zero-order valence-electron chi connectivity index (χ0n) is 20.2. The van der Waals surface area contributed by atoms with Crippen LogP contribution < -0.4 is 0 Å². The minimum atomic E-state index is -1.33. The van der Waals surface area contributed by atoms with Crippen LogP contribution in [0.1, 0.15) is 50.2 Å². The molecule has 1 heterocycles. The molecule has 1 fully saturated rings. The molecule has 1 nitrogen and oxygen atoms in total. The van der Waals surface area contributed by atoms with Crippen LogP contribution in [0.2, 0.25) is 0 Å². The predicted molar refractivity (Wildman–Crippen MR) is 133 cm³/mol. The van der Waals surface area contributed by atoms with E-state index in [1.165, 1.54) is 42.5 Å². The van der Waals surface area contributed by atoms with E-state index in [-0.39, 0.29) is 39.8 Å². The van der Waals surface area contributed by atoms with Gasteiger partial charge < -0.3 is 4.74 Å². The molecule has 3 aromatic carbocycles. The Balaban J connectivity index is 1.53. The molecule has 190 valence electrons. The van der Waals surface area contributed by atoms with Gasteiger partial charge in [-0.05, 0) is 55.2 Å². The summed E-state index contributed by atoms with van der Waals surface area (Å²) in [6.07, 6.45) is 6.65. The number of benzene rings is 3. The maximum atomic E-state index is 15.0. The van der Waals surface area contributed by atoms with Crippen LogP contribution in [0.15, 0.2) is 49.0 Å². The van der Waals surface area contributed by atoms with Crippen molar-refractivity contribution in [1.82, 2.24) is 0 Å². The molecule has 1 saturated heterocycles. The molecule has 1 aliphatic rings. The van der Waals surface area contributed by atoms with E-state index in [0.29, 0.717) is 19.4 Å². The molecule has 0 aromatic heterocycles. The SMILES string of the molecule is C=Cc1ccc(-c2ccc(-c3ccc(CCC4CCC(CCC)OC4)c(F)c3F)c(F)c2F)cc1F. The van der Waals surface area contributed by atoms with Crippen LogP contribution >= 0.6 is 0 Å². The number of rotatable bonds is 8. The topological polar surface area (TPSA) is 9.23 Å². The summed E-state index contributed by atoms with van der Waals surface area (Å²) in [5.74, 6) is -5.21. The third-order valence-corrected chi connectivity index (χ3v) is 6.96. The highest BCUT2D eigenvalue weighted by Gasteiger charge is 2.24. The van der Waals surface area contributed by atoms with Crippen LogP contribution in [0.4, 0.5) is 22.0 Å². The van der Waals surface area contributed by atoms with Gasteiger partial charge in [0.25, 0.3) is 0 Å². The number of ether oxygens (including phenoxy) is 1. The highest BCUT2D eigenvalue weighted by Crippen LogP contribution is 2.35. The quantitative estimate of drug-likeness (QED) is 0.281. The molecule has 3 aromatic rings. The zero-order chi connectivity index (χ0) is 25.8. The van der Waals surface area contributed by atoms with E-state index in [9.17, 15) is 22.0 Å². The molecule has 0 radical (unpaired) electrons. The maximum absolute atomic E-state index is 15.0. The highest BCUT2D eigenvalue weighted by molar-refractivity contribution is 5.73. The van der Waals surface area contributed by atoms with Crippen molar-refractivity contribution >= 4 is 6.08 Å². The van der Waals surface area contributed by atoms with E-state index in [4.69, 9.17) is 4.74 Å². The lowest BCUT2D eigenvalue weighted by Gasteiger charge is -2.29. The summed E-state index contributed by atoms with van der Waals surface area (Å²) in [6, 6.07) is 9.02. The first kappa shape index (κ1) is 26.1. The Kier molecular flexibility index (Phi) is 8.24. The minimum Gasteiger partial charge on any atom is -0.378 e. The van der Waals surface area contributed by atoms with Gasteiger partial charge in [0.15, 0.2) is 23.3 Å².